The predicted molar refractivity (Wildman–Crippen MR) is 176 cm³/mol. The molecular formula is C37H57Hf2-3. The summed E-state index contributed by atoms with van der Waals surface area (Å²) in [6, 6.07) is 29.3. The van der Waals surface area contributed by atoms with E-state index in [-0.39, 0.29) is 51.7 Å². The first-order valence-electron chi connectivity index (χ1n) is 14.1. The van der Waals surface area contributed by atoms with Gasteiger partial charge in [-0.05, 0) is 0 Å². The van der Waals surface area contributed by atoms with Gasteiger partial charge in [0.1, 0.15) is 0 Å². The summed E-state index contributed by atoms with van der Waals surface area (Å²) in [5.41, 5.74) is 0. The molecule has 0 spiro atoms. The molecular weight excluding hydrogens is 801 g/mol. The van der Waals surface area contributed by atoms with Crippen molar-refractivity contribution in [3.8, 4) is 0 Å². The fraction of sp³-hybridized carbons (Fsp3) is 0.378. The van der Waals surface area contributed by atoms with E-state index in [2.05, 4.69) is 140 Å². The summed E-state index contributed by atoms with van der Waals surface area (Å²) in [7, 11) is 0. The third-order valence-electron chi connectivity index (χ3n) is 4.51. The summed E-state index contributed by atoms with van der Waals surface area (Å²) >= 11 is 0. The Morgan fingerprint density at radius 2 is 0.769 bits per heavy atom. The Hall–Kier alpha value is -0.600. The summed E-state index contributed by atoms with van der Waals surface area (Å²) < 4.78 is 0. The Labute approximate surface area is 283 Å². The monoisotopic (exact) mass is 861 g/mol. The van der Waals surface area contributed by atoms with E-state index in [0.717, 1.165) is 25.7 Å². The van der Waals surface area contributed by atoms with Crippen LogP contribution in [-0.4, -0.2) is 0 Å². The molecule has 0 heterocycles. The molecule has 0 aliphatic rings. The first kappa shape index (κ1) is 48.1. The molecule has 0 nitrogen and oxygen atoms in total. The van der Waals surface area contributed by atoms with Gasteiger partial charge in [-0.25, -0.2) is 0 Å². The number of rotatable bonds is 4. The fourth-order valence-electron chi connectivity index (χ4n) is 2.14. The van der Waals surface area contributed by atoms with E-state index in [0.29, 0.717) is 0 Å². The average Bonchev–Trinajstić information content (AvgIpc) is 3.64. The van der Waals surface area contributed by atoms with Crippen LogP contribution in [0.5, 0.6) is 0 Å². The molecule has 0 saturated heterocycles. The van der Waals surface area contributed by atoms with Crippen molar-refractivity contribution in [3.63, 3.8) is 0 Å². The second-order valence-corrected chi connectivity index (χ2v) is 8.30. The zero-order valence-corrected chi connectivity index (χ0v) is 33.3. The molecule has 0 saturated carbocycles. The number of hydrogen-bond donors (Lipinski definition) is 0. The normalized spacial score (nSPS) is 8.26. The Balaban J connectivity index is -0.000000121. The van der Waals surface area contributed by atoms with Gasteiger partial charge in [-0.2, -0.15) is 74.6 Å². The topological polar surface area (TPSA) is 0 Å². The van der Waals surface area contributed by atoms with Gasteiger partial charge in [0.25, 0.3) is 0 Å². The number of hydrogen-bond acceptors (Lipinski definition) is 0. The van der Waals surface area contributed by atoms with Crippen molar-refractivity contribution >= 4 is 21.5 Å². The van der Waals surface area contributed by atoms with Gasteiger partial charge in [0.15, 0.2) is 0 Å². The van der Waals surface area contributed by atoms with Crippen LogP contribution in [0, 0.1) is 34.1 Å². The molecule has 0 radical (unpaired) electrons. The van der Waals surface area contributed by atoms with Crippen molar-refractivity contribution in [3.05, 3.63) is 119 Å². The number of unbranched alkanes of at least 4 members (excludes halogenated alkanes) is 4. The van der Waals surface area contributed by atoms with Crippen LogP contribution in [-0.2, 0) is 51.7 Å². The van der Waals surface area contributed by atoms with Crippen LogP contribution in [0.1, 0.15) is 92.9 Å². The van der Waals surface area contributed by atoms with E-state index in [9.17, 15) is 0 Å². The molecule has 0 atom stereocenters. The third-order valence-corrected chi connectivity index (χ3v) is 4.51. The van der Waals surface area contributed by atoms with Crippen molar-refractivity contribution in [2.45, 2.75) is 92.9 Å². The number of fused-ring (bicyclic) bond motifs is 2. The minimum Gasteiger partial charge on any atom is -0.343 e. The maximum Gasteiger partial charge on any atom is 4.00 e. The molecule has 39 heavy (non-hydrogen) atoms. The maximum atomic E-state index is 3.60. The maximum absolute atomic E-state index is 3.60. The molecule has 4 aromatic rings. The van der Waals surface area contributed by atoms with E-state index < -0.39 is 0 Å². The van der Waals surface area contributed by atoms with Gasteiger partial charge in [-0.15, -0.1) is 59.3 Å². The molecule has 0 unspecified atom stereocenters. The molecule has 0 bridgehead atoms. The van der Waals surface area contributed by atoms with Crippen LogP contribution < -0.4 is 0 Å². The second kappa shape index (κ2) is 41.9. The molecule has 0 fully saturated rings. The van der Waals surface area contributed by atoms with E-state index in [4.69, 9.17) is 0 Å². The molecule has 4 rings (SSSR count). The standard InChI is InChI=1S/2C9H7.4C4H9.C3H7.2Hf/c2*1-2-5-9-7-3-6-8(9)4-1;4*1-3-4-2;1-3-2;;/h2*1-7H;4*1,3-4H2,2H3;3H,1-2H3;;/q7*-1;;+4. The Bertz CT molecular complexity index is 738. The van der Waals surface area contributed by atoms with Crippen LogP contribution in [0.25, 0.3) is 21.5 Å². The fourth-order valence-corrected chi connectivity index (χ4v) is 2.14. The average molecular weight is 859 g/mol. The first-order valence-corrected chi connectivity index (χ1v) is 14.1. The van der Waals surface area contributed by atoms with Crippen molar-refractivity contribution in [2.75, 3.05) is 0 Å². The minimum atomic E-state index is 0. The van der Waals surface area contributed by atoms with E-state index in [1.165, 1.54) is 47.2 Å². The van der Waals surface area contributed by atoms with E-state index in [1.54, 1.807) is 0 Å². The smallest absolute Gasteiger partial charge is 0.343 e. The van der Waals surface area contributed by atoms with Crippen LogP contribution >= 0.6 is 0 Å². The summed E-state index contributed by atoms with van der Waals surface area (Å²) in [5.74, 6) is 0. The minimum absolute atomic E-state index is 0. The number of benzene rings is 2. The Morgan fingerprint density at radius 1 is 0.538 bits per heavy atom. The summed E-state index contributed by atoms with van der Waals surface area (Å²) in [6.45, 7) is 26.9. The quantitative estimate of drug-likeness (QED) is 0.142. The summed E-state index contributed by atoms with van der Waals surface area (Å²) in [4.78, 5) is 0. The molecule has 216 valence electrons. The molecule has 4 aromatic carbocycles. The SMILES string of the molecule is C[CH-]C.[CH2-]CCC.[CH2-]CCC.[CH2-]CCC.[CH2-]CCC.[Hf+4].[Hf].c1ccc2[cH-]ccc2c1.c1ccc2[cH-]ccc2c1. The molecule has 0 N–H and O–H groups in total. The Kier molecular flexibility index (Phi) is 51.7. The van der Waals surface area contributed by atoms with Crippen LogP contribution in [0.4, 0.5) is 0 Å². The molecule has 0 aliphatic heterocycles. The largest absolute Gasteiger partial charge is 4.00 e. The van der Waals surface area contributed by atoms with E-state index in [1.807, 2.05) is 20.3 Å². The van der Waals surface area contributed by atoms with Gasteiger partial charge in [0, 0.05) is 25.8 Å². The van der Waals surface area contributed by atoms with Crippen molar-refractivity contribution < 1.29 is 51.7 Å². The van der Waals surface area contributed by atoms with Crippen molar-refractivity contribution in [1.82, 2.24) is 0 Å². The second-order valence-electron chi connectivity index (χ2n) is 8.30. The first-order chi connectivity index (χ1) is 18.0. The molecule has 0 aromatic heterocycles. The zero-order chi connectivity index (χ0) is 28.6. The van der Waals surface area contributed by atoms with Crippen molar-refractivity contribution in [2.24, 2.45) is 0 Å². The van der Waals surface area contributed by atoms with Crippen LogP contribution in [0.15, 0.2) is 84.9 Å². The van der Waals surface area contributed by atoms with Crippen molar-refractivity contribution in [1.29, 1.82) is 0 Å². The summed E-state index contributed by atoms with van der Waals surface area (Å²) in [6.07, 6.45) is 11.1. The van der Waals surface area contributed by atoms with Crippen LogP contribution in [0.3, 0.4) is 0 Å². The molecule has 2 heteroatoms. The molecule has 0 amide bonds. The van der Waals surface area contributed by atoms with Gasteiger partial charge in [-0.3, -0.25) is 0 Å². The zero-order valence-electron chi connectivity index (χ0n) is 26.1. The van der Waals surface area contributed by atoms with E-state index >= 15 is 0 Å². The van der Waals surface area contributed by atoms with Gasteiger partial charge in [0.2, 0.25) is 0 Å². The van der Waals surface area contributed by atoms with Gasteiger partial charge in [-0.1, -0.05) is 65.5 Å². The third kappa shape index (κ3) is 33.5. The van der Waals surface area contributed by atoms with Gasteiger partial charge < -0.3 is 34.1 Å². The predicted octanol–water partition coefficient (Wildman–Crippen LogP) is 12.8. The molecule has 0 aliphatic carbocycles. The Morgan fingerprint density at radius 3 is 0.974 bits per heavy atom. The summed E-state index contributed by atoms with van der Waals surface area (Å²) in [5, 5.41) is 5.32. The van der Waals surface area contributed by atoms with Gasteiger partial charge in [0.05, 0.1) is 0 Å². The van der Waals surface area contributed by atoms with Gasteiger partial charge >= 0.3 is 25.8 Å². The van der Waals surface area contributed by atoms with Crippen LogP contribution in [0.2, 0.25) is 0 Å².